The van der Waals surface area contributed by atoms with Gasteiger partial charge in [0.15, 0.2) is 0 Å². The molecule has 23 heavy (non-hydrogen) atoms. The zero-order valence-electron chi connectivity index (χ0n) is 12.6. The zero-order chi connectivity index (χ0) is 16.4. The second kappa shape index (κ2) is 5.88. The van der Waals surface area contributed by atoms with E-state index >= 15 is 0 Å². The van der Waals surface area contributed by atoms with Crippen LogP contribution in [0.2, 0.25) is 0 Å². The predicted octanol–water partition coefficient (Wildman–Crippen LogP) is 2.36. The minimum atomic E-state index is -0.0439. The van der Waals surface area contributed by atoms with E-state index in [2.05, 4.69) is 10.3 Å². The number of benzene rings is 2. The van der Waals surface area contributed by atoms with E-state index in [-0.39, 0.29) is 11.5 Å². The van der Waals surface area contributed by atoms with Gasteiger partial charge in [-0.1, -0.05) is 5.21 Å². The molecule has 0 saturated carbocycles. The van der Waals surface area contributed by atoms with Crippen molar-refractivity contribution < 1.29 is 19.7 Å². The van der Waals surface area contributed by atoms with Crippen molar-refractivity contribution in [3.05, 3.63) is 42.6 Å². The maximum atomic E-state index is 9.57. The fraction of sp³-hybridized carbons (Fsp3) is 0.125. The lowest BCUT2D eigenvalue weighted by molar-refractivity contribution is 0.394. The van der Waals surface area contributed by atoms with E-state index in [1.165, 1.54) is 18.2 Å². The van der Waals surface area contributed by atoms with Gasteiger partial charge in [0.05, 0.1) is 26.1 Å². The molecule has 0 fully saturated rings. The van der Waals surface area contributed by atoms with E-state index in [0.29, 0.717) is 28.4 Å². The van der Waals surface area contributed by atoms with Crippen LogP contribution in [0.4, 0.5) is 0 Å². The Kier molecular flexibility index (Phi) is 3.76. The summed E-state index contributed by atoms with van der Waals surface area (Å²) in [5.41, 5.74) is 1.78. The average molecular weight is 313 g/mol. The second-order valence-corrected chi connectivity index (χ2v) is 4.86. The zero-order valence-corrected chi connectivity index (χ0v) is 12.6. The summed E-state index contributed by atoms with van der Waals surface area (Å²) in [5, 5.41) is 27.3. The van der Waals surface area contributed by atoms with Gasteiger partial charge in [0, 0.05) is 29.8 Å². The normalized spacial score (nSPS) is 10.5. The number of hydrogen-bond acceptors (Lipinski definition) is 6. The number of hydrogen-bond donors (Lipinski definition) is 2. The van der Waals surface area contributed by atoms with Crippen LogP contribution in [0.3, 0.4) is 0 Å². The largest absolute Gasteiger partial charge is 0.508 e. The Morgan fingerprint density at radius 3 is 2.04 bits per heavy atom. The van der Waals surface area contributed by atoms with Crippen molar-refractivity contribution >= 4 is 0 Å². The minimum absolute atomic E-state index is 0.0439. The van der Waals surface area contributed by atoms with Crippen LogP contribution in [-0.4, -0.2) is 39.4 Å². The van der Waals surface area contributed by atoms with E-state index in [4.69, 9.17) is 9.47 Å². The highest BCUT2D eigenvalue weighted by Crippen LogP contribution is 2.29. The third-order valence-electron chi connectivity index (χ3n) is 3.29. The molecule has 3 rings (SSSR count). The first-order valence-electron chi connectivity index (χ1n) is 6.78. The first kappa shape index (κ1) is 14.7. The third kappa shape index (κ3) is 3.03. The Morgan fingerprint density at radius 1 is 0.870 bits per heavy atom. The molecule has 2 N–H and O–H groups in total. The number of aromatic hydroxyl groups is 2. The van der Waals surface area contributed by atoms with Gasteiger partial charge in [-0.3, -0.25) is 0 Å². The molecule has 1 aromatic heterocycles. The molecule has 0 atom stereocenters. The Hall–Kier alpha value is -3.22. The molecule has 0 unspecified atom stereocenters. The number of phenols is 2. The Balaban J connectivity index is 2.02. The highest BCUT2D eigenvalue weighted by atomic mass is 16.5. The Labute approximate surface area is 132 Å². The number of rotatable bonds is 4. The predicted molar refractivity (Wildman–Crippen MR) is 83.2 cm³/mol. The van der Waals surface area contributed by atoms with Crippen LogP contribution >= 0.6 is 0 Å². The molecule has 0 amide bonds. The first-order chi connectivity index (χ1) is 11.1. The molecule has 0 spiro atoms. The first-order valence-corrected chi connectivity index (χ1v) is 6.78. The maximum absolute atomic E-state index is 9.57. The van der Waals surface area contributed by atoms with Crippen molar-refractivity contribution in [1.29, 1.82) is 0 Å². The van der Waals surface area contributed by atoms with Crippen LogP contribution in [0, 0.1) is 0 Å². The van der Waals surface area contributed by atoms with Crippen LogP contribution in [0.1, 0.15) is 0 Å². The van der Waals surface area contributed by atoms with Crippen molar-refractivity contribution in [2.45, 2.75) is 0 Å². The molecule has 2 aromatic carbocycles. The topological polar surface area (TPSA) is 89.6 Å². The van der Waals surface area contributed by atoms with Gasteiger partial charge in [-0.2, -0.15) is 0 Å². The molecule has 7 heteroatoms. The van der Waals surface area contributed by atoms with Crippen molar-refractivity contribution in [1.82, 2.24) is 15.0 Å². The molecule has 0 aliphatic heterocycles. The number of methoxy groups -OCH3 is 2. The van der Waals surface area contributed by atoms with Gasteiger partial charge in [-0.25, -0.2) is 4.68 Å². The smallest absolute Gasteiger partial charge is 0.124 e. The van der Waals surface area contributed by atoms with Crippen LogP contribution in [-0.2, 0) is 0 Å². The molecule has 0 aliphatic rings. The van der Waals surface area contributed by atoms with Gasteiger partial charge in [0.2, 0.25) is 0 Å². The van der Waals surface area contributed by atoms with Gasteiger partial charge < -0.3 is 19.7 Å². The van der Waals surface area contributed by atoms with Crippen molar-refractivity contribution in [2.75, 3.05) is 14.2 Å². The molecule has 0 bridgehead atoms. The molecule has 0 saturated heterocycles. The van der Waals surface area contributed by atoms with Crippen molar-refractivity contribution in [3.63, 3.8) is 0 Å². The number of ether oxygens (including phenoxy) is 2. The Bertz CT molecular complexity index is 803. The summed E-state index contributed by atoms with van der Waals surface area (Å²) >= 11 is 0. The molecule has 118 valence electrons. The summed E-state index contributed by atoms with van der Waals surface area (Å²) in [4.78, 5) is 0. The molecule has 7 nitrogen and oxygen atoms in total. The van der Waals surface area contributed by atoms with Crippen molar-refractivity contribution in [2.24, 2.45) is 0 Å². The van der Waals surface area contributed by atoms with Crippen LogP contribution in [0.5, 0.6) is 23.0 Å². The van der Waals surface area contributed by atoms with Crippen LogP contribution in [0.15, 0.2) is 42.6 Å². The SMILES string of the molecule is COc1cc(OC)cc(-n2cc(-c3cc(O)cc(O)c3)nn2)c1. The molecule has 1 heterocycles. The van der Waals surface area contributed by atoms with Gasteiger partial charge in [0.1, 0.15) is 28.7 Å². The van der Waals surface area contributed by atoms with E-state index in [0.717, 1.165) is 0 Å². The van der Waals surface area contributed by atoms with E-state index in [1.54, 1.807) is 43.3 Å². The van der Waals surface area contributed by atoms with Crippen molar-refractivity contribution in [3.8, 4) is 39.9 Å². The highest BCUT2D eigenvalue weighted by molar-refractivity contribution is 5.63. The summed E-state index contributed by atoms with van der Waals surface area (Å²) in [7, 11) is 3.14. The number of aromatic nitrogens is 3. The fourth-order valence-corrected chi connectivity index (χ4v) is 2.19. The third-order valence-corrected chi connectivity index (χ3v) is 3.29. The highest BCUT2D eigenvalue weighted by Gasteiger charge is 2.10. The maximum Gasteiger partial charge on any atom is 0.124 e. The lowest BCUT2D eigenvalue weighted by atomic mass is 10.1. The lowest BCUT2D eigenvalue weighted by Gasteiger charge is -2.07. The number of nitrogens with zero attached hydrogens (tertiary/aromatic N) is 3. The monoisotopic (exact) mass is 313 g/mol. The molecule has 0 aliphatic carbocycles. The standard InChI is InChI=1S/C16H15N3O4/c1-22-14-5-11(6-15(8-14)23-2)19-9-16(17-18-19)10-3-12(20)7-13(21)4-10/h3-9,20-21H,1-2H3. The van der Waals surface area contributed by atoms with Gasteiger partial charge in [0.25, 0.3) is 0 Å². The summed E-state index contributed by atoms with van der Waals surface area (Å²) < 4.78 is 12.0. The Morgan fingerprint density at radius 2 is 1.48 bits per heavy atom. The van der Waals surface area contributed by atoms with E-state index in [9.17, 15) is 10.2 Å². The summed E-state index contributed by atoms with van der Waals surface area (Å²) in [6, 6.07) is 9.60. The average Bonchev–Trinajstić information content (AvgIpc) is 3.03. The molecular weight excluding hydrogens is 298 g/mol. The lowest BCUT2D eigenvalue weighted by Crippen LogP contribution is -1.97. The molecule has 0 radical (unpaired) electrons. The summed E-state index contributed by atoms with van der Waals surface area (Å²) in [6.07, 6.45) is 1.68. The van der Waals surface area contributed by atoms with Crippen LogP contribution < -0.4 is 9.47 Å². The summed E-state index contributed by atoms with van der Waals surface area (Å²) in [6.45, 7) is 0. The molecular formula is C16H15N3O4. The number of phenolic OH excluding ortho intramolecular Hbond substituents is 2. The minimum Gasteiger partial charge on any atom is -0.508 e. The van der Waals surface area contributed by atoms with E-state index in [1.807, 2.05) is 0 Å². The molecule has 3 aromatic rings. The quantitative estimate of drug-likeness (QED) is 0.768. The fourth-order valence-electron chi connectivity index (χ4n) is 2.19. The summed E-state index contributed by atoms with van der Waals surface area (Å²) in [5.74, 6) is 1.17. The van der Waals surface area contributed by atoms with Gasteiger partial charge >= 0.3 is 0 Å². The van der Waals surface area contributed by atoms with Gasteiger partial charge in [-0.05, 0) is 12.1 Å². The van der Waals surface area contributed by atoms with E-state index < -0.39 is 0 Å². The van der Waals surface area contributed by atoms with Gasteiger partial charge in [-0.15, -0.1) is 5.10 Å². The second-order valence-electron chi connectivity index (χ2n) is 4.86. The van der Waals surface area contributed by atoms with Crippen LogP contribution in [0.25, 0.3) is 16.9 Å².